The van der Waals surface area contributed by atoms with Crippen molar-refractivity contribution in [1.82, 2.24) is 4.57 Å². The van der Waals surface area contributed by atoms with Crippen molar-refractivity contribution in [2.24, 2.45) is 4.99 Å². The number of ether oxygens (including phenoxy) is 1. The number of carbonyl (C=O) groups excluding carboxylic acids is 1. The zero-order valence-corrected chi connectivity index (χ0v) is 20.7. The Morgan fingerprint density at radius 2 is 1.89 bits per heavy atom. The minimum atomic E-state index is -0.696. The van der Waals surface area contributed by atoms with E-state index in [9.17, 15) is 19.7 Å². The van der Waals surface area contributed by atoms with Crippen molar-refractivity contribution in [3.8, 4) is 11.3 Å². The number of furan rings is 1. The molecular weight excluding hydrogens is 494 g/mol. The number of thiazole rings is 1. The maximum absolute atomic E-state index is 13.6. The number of hydrogen-bond acceptors (Lipinski definition) is 8. The van der Waals surface area contributed by atoms with E-state index in [1.54, 1.807) is 50.3 Å². The van der Waals surface area contributed by atoms with Crippen LogP contribution in [0.25, 0.3) is 17.4 Å². The Hall–Kier alpha value is -4.57. The number of fused-ring (bicyclic) bond motifs is 1. The number of benzene rings is 2. The number of para-hydroxylation sites is 1. The summed E-state index contributed by atoms with van der Waals surface area (Å²) in [6.45, 7) is 3.65. The number of nitrogens with zero attached hydrogens (tertiary/aromatic N) is 3. The Bertz CT molecular complexity index is 1730. The fraction of sp³-hybridized carbons (Fsp3) is 0.148. The number of nitro groups is 1. The average Bonchev–Trinajstić information content (AvgIpc) is 3.48. The van der Waals surface area contributed by atoms with Gasteiger partial charge in [0.05, 0.1) is 38.9 Å². The van der Waals surface area contributed by atoms with Crippen molar-refractivity contribution in [2.45, 2.75) is 19.9 Å². The minimum Gasteiger partial charge on any atom is -0.463 e. The Labute approximate surface area is 214 Å². The van der Waals surface area contributed by atoms with Gasteiger partial charge in [0.1, 0.15) is 11.5 Å². The normalized spacial score (nSPS) is 15.3. The summed E-state index contributed by atoms with van der Waals surface area (Å²) in [5.41, 5.74) is 1.47. The summed E-state index contributed by atoms with van der Waals surface area (Å²) in [6.07, 6.45) is 1.58. The third kappa shape index (κ3) is 4.43. The van der Waals surface area contributed by atoms with Gasteiger partial charge in [0.2, 0.25) is 0 Å². The largest absolute Gasteiger partial charge is 0.463 e. The Balaban J connectivity index is 1.63. The quantitative estimate of drug-likeness (QED) is 0.218. The van der Waals surface area contributed by atoms with Gasteiger partial charge in [-0.3, -0.25) is 19.5 Å². The molecule has 0 unspecified atom stereocenters. The van der Waals surface area contributed by atoms with Crippen molar-refractivity contribution in [1.29, 1.82) is 0 Å². The molecule has 0 bridgehead atoms. The summed E-state index contributed by atoms with van der Waals surface area (Å²) in [7, 11) is 0. The van der Waals surface area contributed by atoms with Crippen LogP contribution in [-0.4, -0.2) is 22.1 Å². The molecule has 9 nitrogen and oxygen atoms in total. The van der Waals surface area contributed by atoms with Crippen LogP contribution in [0.5, 0.6) is 0 Å². The van der Waals surface area contributed by atoms with Crippen LogP contribution in [-0.2, 0) is 9.53 Å². The Morgan fingerprint density at radius 1 is 1.16 bits per heavy atom. The number of hydrogen-bond donors (Lipinski definition) is 0. The average molecular weight is 516 g/mol. The number of aromatic nitrogens is 1. The first-order chi connectivity index (χ1) is 17.9. The monoisotopic (exact) mass is 515 g/mol. The van der Waals surface area contributed by atoms with Crippen LogP contribution in [0.3, 0.4) is 0 Å². The Kier molecular flexibility index (Phi) is 6.41. The third-order valence-electron chi connectivity index (χ3n) is 5.90. The van der Waals surface area contributed by atoms with E-state index < -0.39 is 16.9 Å². The van der Waals surface area contributed by atoms with Crippen LogP contribution in [0.1, 0.15) is 31.2 Å². The molecule has 1 aliphatic heterocycles. The zero-order chi connectivity index (χ0) is 26.1. The molecule has 0 fully saturated rings. The molecule has 1 atom stereocenters. The van der Waals surface area contributed by atoms with Gasteiger partial charge in [0.25, 0.3) is 11.2 Å². The van der Waals surface area contributed by atoms with Crippen LogP contribution in [0.2, 0.25) is 0 Å². The standard InChI is InChI=1S/C27H21N3O6S/c1-3-35-26(32)23-16(2)28-27-29(24(23)17-9-5-4-6-10-17)25(31)22(37-27)15-18-13-14-21(36-18)19-11-7-8-12-20(19)30(33)34/h4-15,24H,3H2,1-2H3/b22-15+/t24-/m0/s1. The highest BCUT2D eigenvalue weighted by Gasteiger charge is 2.33. The van der Waals surface area contributed by atoms with Crippen molar-refractivity contribution in [3.63, 3.8) is 0 Å². The van der Waals surface area contributed by atoms with Gasteiger partial charge in [0.15, 0.2) is 4.80 Å². The topological polar surface area (TPSA) is 117 Å². The maximum atomic E-state index is 13.6. The zero-order valence-electron chi connectivity index (χ0n) is 19.9. The van der Waals surface area contributed by atoms with Gasteiger partial charge in [0, 0.05) is 12.1 Å². The molecule has 0 N–H and O–H groups in total. The van der Waals surface area contributed by atoms with E-state index in [0.29, 0.717) is 37.7 Å². The second-order valence-corrected chi connectivity index (χ2v) is 9.20. The number of carbonyl (C=O) groups is 1. The number of rotatable bonds is 6. The van der Waals surface area contributed by atoms with Gasteiger partial charge in [-0.2, -0.15) is 0 Å². The molecule has 0 amide bonds. The second kappa shape index (κ2) is 9.82. The molecule has 0 aliphatic carbocycles. The first-order valence-electron chi connectivity index (χ1n) is 11.5. The lowest BCUT2D eigenvalue weighted by molar-refractivity contribution is -0.384. The van der Waals surface area contributed by atoms with Crippen molar-refractivity contribution in [2.75, 3.05) is 6.61 Å². The number of allylic oxidation sites excluding steroid dienone is 1. The van der Waals surface area contributed by atoms with Gasteiger partial charge in [-0.15, -0.1) is 0 Å². The molecule has 2 aromatic heterocycles. The molecule has 3 heterocycles. The molecule has 2 aromatic carbocycles. The summed E-state index contributed by atoms with van der Waals surface area (Å²) in [5, 5.41) is 11.4. The fourth-order valence-corrected chi connectivity index (χ4v) is 5.31. The van der Waals surface area contributed by atoms with E-state index in [1.807, 2.05) is 30.3 Å². The molecular formula is C27H21N3O6S. The van der Waals surface area contributed by atoms with Crippen molar-refractivity contribution >= 4 is 29.1 Å². The molecule has 0 spiro atoms. The third-order valence-corrected chi connectivity index (χ3v) is 6.88. The summed E-state index contributed by atoms with van der Waals surface area (Å²) in [4.78, 5) is 42.5. The molecule has 4 aromatic rings. The molecule has 1 aliphatic rings. The highest BCUT2D eigenvalue weighted by molar-refractivity contribution is 7.07. The number of esters is 1. The molecule has 5 rings (SSSR count). The van der Waals surface area contributed by atoms with Gasteiger partial charge >= 0.3 is 5.97 Å². The van der Waals surface area contributed by atoms with Crippen LogP contribution < -0.4 is 14.9 Å². The highest BCUT2D eigenvalue weighted by Crippen LogP contribution is 2.32. The van der Waals surface area contributed by atoms with Gasteiger partial charge < -0.3 is 9.15 Å². The van der Waals surface area contributed by atoms with Crippen molar-refractivity contribution in [3.05, 3.63) is 119 Å². The van der Waals surface area contributed by atoms with Crippen LogP contribution in [0.4, 0.5) is 5.69 Å². The lowest BCUT2D eigenvalue weighted by atomic mass is 9.96. The van der Waals surface area contributed by atoms with Crippen LogP contribution >= 0.6 is 11.3 Å². The molecule has 0 saturated carbocycles. The minimum absolute atomic E-state index is 0.0763. The number of nitro benzene ring substituents is 1. The highest BCUT2D eigenvalue weighted by atomic mass is 32.1. The SMILES string of the molecule is CCOC(=O)C1=C(C)N=c2s/c(=C/c3ccc(-c4ccccc4[N+](=O)[O-])o3)c(=O)n2[C@H]1c1ccccc1. The molecule has 37 heavy (non-hydrogen) atoms. The van der Waals surface area contributed by atoms with E-state index in [-0.39, 0.29) is 17.9 Å². The smallest absolute Gasteiger partial charge is 0.338 e. The van der Waals surface area contributed by atoms with Gasteiger partial charge in [-0.1, -0.05) is 53.8 Å². The summed E-state index contributed by atoms with van der Waals surface area (Å²) in [5.74, 6) is 0.150. The fourth-order valence-electron chi connectivity index (χ4n) is 4.29. The first kappa shape index (κ1) is 24.1. The predicted octanol–water partition coefficient (Wildman–Crippen LogP) is 3.97. The predicted molar refractivity (Wildman–Crippen MR) is 138 cm³/mol. The van der Waals surface area contributed by atoms with Gasteiger partial charge in [-0.05, 0) is 37.6 Å². The van der Waals surface area contributed by atoms with E-state index in [0.717, 1.165) is 5.56 Å². The van der Waals surface area contributed by atoms with E-state index in [1.165, 1.54) is 22.0 Å². The summed E-state index contributed by atoms with van der Waals surface area (Å²) in [6, 6.07) is 18.1. The first-order valence-corrected chi connectivity index (χ1v) is 12.3. The van der Waals surface area contributed by atoms with E-state index in [2.05, 4.69) is 4.99 Å². The van der Waals surface area contributed by atoms with Crippen molar-refractivity contribution < 1.29 is 18.9 Å². The van der Waals surface area contributed by atoms with Gasteiger partial charge in [-0.25, -0.2) is 9.79 Å². The maximum Gasteiger partial charge on any atom is 0.338 e. The molecule has 0 radical (unpaired) electrons. The van der Waals surface area contributed by atoms with Crippen LogP contribution in [0, 0.1) is 10.1 Å². The van der Waals surface area contributed by atoms with Crippen LogP contribution in [0.15, 0.2) is 92.2 Å². The summed E-state index contributed by atoms with van der Waals surface area (Å²) < 4.78 is 13.0. The lowest BCUT2D eigenvalue weighted by Gasteiger charge is -2.24. The van der Waals surface area contributed by atoms with E-state index >= 15 is 0 Å². The van der Waals surface area contributed by atoms with E-state index in [4.69, 9.17) is 9.15 Å². The molecule has 0 saturated heterocycles. The molecule has 186 valence electrons. The lowest BCUT2D eigenvalue weighted by Crippen LogP contribution is -2.39. The molecule has 10 heteroatoms. The second-order valence-electron chi connectivity index (χ2n) is 8.19. The Morgan fingerprint density at radius 3 is 2.62 bits per heavy atom. The summed E-state index contributed by atoms with van der Waals surface area (Å²) >= 11 is 1.17.